The maximum Gasteiger partial charge on any atom is 0.248 e. The highest BCUT2D eigenvalue weighted by Crippen LogP contribution is 2.15. The van der Waals surface area contributed by atoms with Crippen LogP contribution in [0.3, 0.4) is 0 Å². The number of carbonyl (C=O) groups excluding carboxylic acids is 2. The summed E-state index contributed by atoms with van der Waals surface area (Å²) in [5.41, 5.74) is 1.31. The lowest BCUT2D eigenvalue weighted by atomic mass is 10.2. The van der Waals surface area contributed by atoms with E-state index in [0.717, 1.165) is 0 Å². The number of carbonyl (C=O) groups is 2. The molecule has 0 unspecified atom stereocenters. The number of hydrogen-bond acceptors (Lipinski definition) is 2. The topological polar surface area (TPSA) is 58.2 Å². The minimum atomic E-state index is -0.211. The molecular weight excluding hydrogens is 240 g/mol. The third-order valence-corrected chi connectivity index (χ3v) is 2.29. The van der Waals surface area contributed by atoms with Crippen molar-refractivity contribution >= 4 is 23.2 Å². The summed E-state index contributed by atoms with van der Waals surface area (Å²) >= 11 is 0. The van der Waals surface area contributed by atoms with Crippen LogP contribution < -0.4 is 10.6 Å². The Morgan fingerprint density at radius 1 is 1.16 bits per heavy atom. The van der Waals surface area contributed by atoms with Crippen LogP contribution in [0.15, 0.2) is 48.6 Å². The van der Waals surface area contributed by atoms with Gasteiger partial charge in [-0.1, -0.05) is 31.2 Å². The highest BCUT2D eigenvalue weighted by molar-refractivity contribution is 6.00. The fraction of sp³-hybridized carbons (Fsp3) is 0.200. The van der Waals surface area contributed by atoms with Crippen molar-refractivity contribution in [3.63, 3.8) is 0 Å². The van der Waals surface area contributed by atoms with Crippen molar-refractivity contribution in [2.75, 3.05) is 10.6 Å². The number of benzene rings is 1. The number of anilines is 2. The number of allylic oxidation sites excluding steroid dienone is 3. The lowest BCUT2D eigenvalue weighted by Gasteiger charge is -2.06. The molecule has 0 spiro atoms. The van der Waals surface area contributed by atoms with Crippen LogP contribution >= 0.6 is 0 Å². The molecule has 0 saturated carbocycles. The van der Waals surface area contributed by atoms with Crippen molar-refractivity contribution in [1.29, 1.82) is 0 Å². The Bertz CT molecular complexity index is 505. The van der Waals surface area contributed by atoms with Gasteiger partial charge in [-0.05, 0) is 25.1 Å². The highest BCUT2D eigenvalue weighted by Gasteiger charge is 2.01. The van der Waals surface area contributed by atoms with Gasteiger partial charge in [-0.25, -0.2) is 0 Å². The van der Waals surface area contributed by atoms with Crippen LogP contribution in [-0.4, -0.2) is 11.8 Å². The van der Waals surface area contributed by atoms with Crippen LogP contribution in [0.4, 0.5) is 11.4 Å². The van der Waals surface area contributed by atoms with E-state index in [9.17, 15) is 9.59 Å². The molecule has 100 valence electrons. The van der Waals surface area contributed by atoms with Gasteiger partial charge in [0.2, 0.25) is 11.8 Å². The summed E-state index contributed by atoms with van der Waals surface area (Å²) in [6.07, 6.45) is 7.14. The van der Waals surface area contributed by atoms with Crippen LogP contribution in [0.25, 0.3) is 0 Å². The fourth-order valence-corrected chi connectivity index (χ4v) is 1.36. The van der Waals surface area contributed by atoms with Gasteiger partial charge in [0, 0.05) is 23.9 Å². The smallest absolute Gasteiger partial charge is 0.248 e. The van der Waals surface area contributed by atoms with E-state index in [2.05, 4.69) is 10.6 Å². The van der Waals surface area contributed by atoms with Gasteiger partial charge in [0.25, 0.3) is 0 Å². The zero-order valence-electron chi connectivity index (χ0n) is 11.1. The zero-order valence-corrected chi connectivity index (χ0v) is 11.1. The Morgan fingerprint density at radius 3 is 2.47 bits per heavy atom. The monoisotopic (exact) mass is 258 g/mol. The summed E-state index contributed by atoms with van der Waals surface area (Å²) in [6, 6.07) is 7.04. The van der Waals surface area contributed by atoms with Crippen molar-refractivity contribution in [2.24, 2.45) is 0 Å². The average Bonchev–Trinajstić information content (AvgIpc) is 2.39. The fourth-order valence-electron chi connectivity index (χ4n) is 1.36. The normalized spacial score (nSPS) is 10.8. The van der Waals surface area contributed by atoms with E-state index in [4.69, 9.17) is 0 Å². The van der Waals surface area contributed by atoms with Crippen LogP contribution in [0.5, 0.6) is 0 Å². The molecule has 0 aliphatic rings. The summed E-state index contributed by atoms with van der Waals surface area (Å²) in [5, 5.41) is 5.46. The average molecular weight is 258 g/mol. The summed E-state index contributed by atoms with van der Waals surface area (Å²) in [6.45, 7) is 3.66. The molecule has 2 amide bonds. The number of hydrogen-bond donors (Lipinski definition) is 2. The summed E-state index contributed by atoms with van der Waals surface area (Å²) in [4.78, 5) is 22.8. The first kappa shape index (κ1) is 14.7. The van der Waals surface area contributed by atoms with E-state index in [-0.39, 0.29) is 11.8 Å². The molecule has 0 saturated heterocycles. The summed E-state index contributed by atoms with van der Waals surface area (Å²) < 4.78 is 0. The second-order valence-electron chi connectivity index (χ2n) is 3.86. The molecule has 1 rings (SSSR count). The predicted octanol–water partition coefficient (Wildman–Crippen LogP) is 3.11. The molecule has 0 aromatic heterocycles. The minimum Gasteiger partial charge on any atom is -0.326 e. The summed E-state index contributed by atoms with van der Waals surface area (Å²) in [5.74, 6) is -0.270. The Kier molecular flexibility index (Phi) is 6.09. The van der Waals surface area contributed by atoms with Crippen molar-refractivity contribution in [1.82, 2.24) is 0 Å². The van der Waals surface area contributed by atoms with E-state index in [1.165, 1.54) is 6.08 Å². The third kappa shape index (κ3) is 5.68. The number of amides is 2. The van der Waals surface area contributed by atoms with Crippen molar-refractivity contribution in [3.05, 3.63) is 48.6 Å². The second-order valence-corrected chi connectivity index (χ2v) is 3.86. The molecule has 2 N–H and O–H groups in total. The van der Waals surface area contributed by atoms with Gasteiger partial charge in [-0.2, -0.15) is 0 Å². The first-order valence-electron chi connectivity index (χ1n) is 6.16. The molecular formula is C15H18N2O2. The van der Waals surface area contributed by atoms with Gasteiger partial charge < -0.3 is 10.6 Å². The van der Waals surface area contributed by atoms with Gasteiger partial charge in [0.05, 0.1) is 0 Å². The van der Waals surface area contributed by atoms with Gasteiger partial charge in [0.15, 0.2) is 0 Å². The molecule has 19 heavy (non-hydrogen) atoms. The Hall–Kier alpha value is -2.36. The Morgan fingerprint density at radius 2 is 1.84 bits per heavy atom. The molecule has 0 atom stereocenters. The highest BCUT2D eigenvalue weighted by atomic mass is 16.2. The van der Waals surface area contributed by atoms with Crippen molar-refractivity contribution in [2.45, 2.75) is 20.3 Å². The predicted molar refractivity (Wildman–Crippen MR) is 77.9 cm³/mol. The maximum atomic E-state index is 11.6. The molecule has 4 nitrogen and oxygen atoms in total. The van der Waals surface area contributed by atoms with Gasteiger partial charge >= 0.3 is 0 Å². The molecule has 0 bridgehead atoms. The van der Waals surface area contributed by atoms with E-state index in [1.807, 2.05) is 13.0 Å². The van der Waals surface area contributed by atoms with Gasteiger partial charge in [0.1, 0.15) is 0 Å². The van der Waals surface area contributed by atoms with Crippen LogP contribution in [0, 0.1) is 0 Å². The number of nitrogens with one attached hydrogen (secondary N) is 2. The van der Waals surface area contributed by atoms with E-state index in [0.29, 0.717) is 17.8 Å². The van der Waals surface area contributed by atoms with Crippen LogP contribution in [0.2, 0.25) is 0 Å². The molecule has 4 heteroatoms. The quantitative estimate of drug-likeness (QED) is 0.629. The second kappa shape index (κ2) is 7.87. The van der Waals surface area contributed by atoms with E-state index >= 15 is 0 Å². The molecule has 1 aromatic carbocycles. The molecule has 1 aromatic rings. The SMILES string of the molecule is CC=CC=CC(=O)Nc1cccc(NC(=O)CC)c1. The first-order valence-corrected chi connectivity index (χ1v) is 6.16. The first-order chi connectivity index (χ1) is 9.15. The maximum absolute atomic E-state index is 11.6. The van der Waals surface area contributed by atoms with E-state index in [1.54, 1.807) is 43.3 Å². The van der Waals surface area contributed by atoms with Gasteiger partial charge in [-0.15, -0.1) is 0 Å². The largest absolute Gasteiger partial charge is 0.326 e. The van der Waals surface area contributed by atoms with Crippen LogP contribution in [0.1, 0.15) is 20.3 Å². The Labute approximate surface area is 113 Å². The molecule has 0 fully saturated rings. The summed E-state index contributed by atoms with van der Waals surface area (Å²) in [7, 11) is 0. The molecule has 0 radical (unpaired) electrons. The molecule has 0 aliphatic heterocycles. The standard InChI is InChI=1S/C15H18N2O2/c1-3-5-6-10-15(19)17-13-9-7-8-12(11-13)16-14(18)4-2/h3,5-11H,4H2,1-2H3,(H,16,18)(H,17,19). The zero-order chi connectivity index (χ0) is 14.1. The number of rotatable bonds is 5. The van der Waals surface area contributed by atoms with Gasteiger partial charge in [-0.3, -0.25) is 9.59 Å². The van der Waals surface area contributed by atoms with Crippen LogP contribution in [-0.2, 0) is 9.59 Å². The van der Waals surface area contributed by atoms with E-state index < -0.39 is 0 Å². The molecule has 0 aliphatic carbocycles. The third-order valence-electron chi connectivity index (χ3n) is 2.29. The van der Waals surface area contributed by atoms with Crippen molar-refractivity contribution < 1.29 is 9.59 Å². The minimum absolute atomic E-state index is 0.0588. The lowest BCUT2D eigenvalue weighted by Crippen LogP contribution is -2.11. The van der Waals surface area contributed by atoms with Crippen molar-refractivity contribution in [3.8, 4) is 0 Å². The molecule has 0 heterocycles. The Balaban J connectivity index is 2.66. The lowest BCUT2D eigenvalue weighted by molar-refractivity contribution is -0.116.